The lowest BCUT2D eigenvalue weighted by molar-refractivity contribution is -0.167. The van der Waals surface area contributed by atoms with Gasteiger partial charge >= 0.3 is 5.97 Å². The Balaban J connectivity index is 1.64. The standard InChI is InChI=1S/C22H28O3/c1-4-22(25-14(2)23)12-10-20-19-7-5-15-13-16(24)6-8-17(15)18(19)9-11-21(20,22)3/h1,13,17-20H,5-12H2,2-3H3/t17-,18+,19+,20-,21-,22?/m0/s1. The number of ketones is 1. The van der Waals surface area contributed by atoms with Crippen molar-refractivity contribution in [1.82, 2.24) is 0 Å². The third-order valence-electron chi connectivity index (χ3n) is 7.97. The van der Waals surface area contributed by atoms with Gasteiger partial charge in [-0.3, -0.25) is 9.59 Å². The molecule has 3 saturated carbocycles. The number of carbonyl (C=O) groups is 2. The van der Waals surface area contributed by atoms with E-state index in [0.717, 1.165) is 44.9 Å². The fourth-order valence-electron chi connectivity index (χ4n) is 6.86. The van der Waals surface area contributed by atoms with Gasteiger partial charge < -0.3 is 4.74 Å². The fraction of sp³-hybridized carbons (Fsp3) is 0.727. The molecule has 4 aliphatic rings. The maximum Gasteiger partial charge on any atom is 0.304 e. The van der Waals surface area contributed by atoms with E-state index in [1.807, 2.05) is 6.08 Å². The molecule has 3 fully saturated rings. The molecule has 0 radical (unpaired) electrons. The van der Waals surface area contributed by atoms with E-state index in [2.05, 4.69) is 12.8 Å². The second kappa shape index (κ2) is 5.73. The van der Waals surface area contributed by atoms with E-state index in [1.165, 1.54) is 12.5 Å². The van der Waals surface area contributed by atoms with Crippen molar-refractivity contribution in [3.63, 3.8) is 0 Å². The Morgan fingerprint density at radius 2 is 2.00 bits per heavy atom. The molecule has 3 heteroatoms. The summed E-state index contributed by atoms with van der Waals surface area (Å²) >= 11 is 0. The molecule has 0 heterocycles. The Kier molecular flexibility index (Phi) is 3.87. The molecule has 4 rings (SSSR count). The minimum absolute atomic E-state index is 0.111. The summed E-state index contributed by atoms with van der Waals surface area (Å²) in [5, 5.41) is 0. The molecule has 6 atom stereocenters. The van der Waals surface area contributed by atoms with Gasteiger partial charge in [-0.2, -0.15) is 0 Å². The highest BCUT2D eigenvalue weighted by Crippen LogP contribution is 2.65. The number of ether oxygens (including phenoxy) is 1. The zero-order valence-electron chi connectivity index (χ0n) is 15.3. The van der Waals surface area contributed by atoms with Crippen LogP contribution in [0.1, 0.15) is 65.2 Å². The van der Waals surface area contributed by atoms with Gasteiger partial charge in [0.25, 0.3) is 0 Å². The predicted octanol–water partition coefficient (Wildman–Crippen LogP) is 4.06. The van der Waals surface area contributed by atoms with Crippen molar-refractivity contribution in [2.75, 3.05) is 0 Å². The normalized spacial score (nSPS) is 45.5. The Bertz CT molecular complexity index is 684. The first-order valence-electron chi connectivity index (χ1n) is 9.81. The van der Waals surface area contributed by atoms with Gasteiger partial charge in [0.1, 0.15) is 0 Å². The fourth-order valence-corrected chi connectivity index (χ4v) is 6.86. The van der Waals surface area contributed by atoms with Crippen molar-refractivity contribution < 1.29 is 14.3 Å². The van der Waals surface area contributed by atoms with E-state index in [0.29, 0.717) is 35.9 Å². The van der Waals surface area contributed by atoms with E-state index < -0.39 is 5.60 Å². The summed E-state index contributed by atoms with van der Waals surface area (Å²) in [7, 11) is 0. The van der Waals surface area contributed by atoms with Crippen LogP contribution >= 0.6 is 0 Å². The third kappa shape index (κ3) is 2.33. The zero-order chi connectivity index (χ0) is 17.8. The molecule has 134 valence electrons. The molecule has 0 bridgehead atoms. The number of hydrogen-bond acceptors (Lipinski definition) is 3. The van der Waals surface area contributed by atoms with E-state index in [1.54, 1.807) is 0 Å². The second-order valence-corrected chi connectivity index (χ2v) is 8.86. The lowest BCUT2D eigenvalue weighted by Gasteiger charge is -2.55. The van der Waals surface area contributed by atoms with Crippen LogP contribution in [-0.4, -0.2) is 17.4 Å². The van der Waals surface area contributed by atoms with Gasteiger partial charge in [-0.25, -0.2) is 0 Å². The van der Waals surface area contributed by atoms with Gasteiger partial charge in [0, 0.05) is 18.8 Å². The molecule has 0 spiro atoms. The average Bonchev–Trinajstić information content (AvgIpc) is 2.87. The lowest BCUT2D eigenvalue weighted by Crippen LogP contribution is -2.53. The van der Waals surface area contributed by atoms with E-state index >= 15 is 0 Å². The summed E-state index contributed by atoms with van der Waals surface area (Å²) in [5.74, 6) is 5.41. The highest BCUT2D eigenvalue weighted by Gasteiger charge is 2.64. The van der Waals surface area contributed by atoms with Crippen LogP contribution in [0, 0.1) is 41.4 Å². The number of hydrogen-bond donors (Lipinski definition) is 0. The SMILES string of the molecule is C#CC1(OC(C)=O)CC[C@H]2[C@@H]3CCC4=CC(=O)CC[C@@H]4[C@H]3CC[C@@]21C. The van der Waals surface area contributed by atoms with E-state index in [9.17, 15) is 9.59 Å². The van der Waals surface area contributed by atoms with Gasteiger partial charge in [0.2, 0.25) is 0 Å². The third-order valence-corrected chi connectivity index (χ3v) is 7.97. The predicted molar refractivity (Wildman–Crippen MR) is 95.4 cm³/mol. The summed E-state index contributed by atoms with van der Waals surface area (Å²) < 4.78 is 5.79. The molecule has 0 N–H and O–H groups in total. The molecule has 0 aromatic rings. The van der Waals surface area contributed by atoms with Crippen molar-refractivity contribution >= 4 is 11.8 Å². The molecule has 1 unspecified atom stereocenters. The zero-order valence-corrected chi connectivity index (χ0v) is 15.3. The topological polar surface area (TPSA) is 43.4 Å². The summed E-state index contributed by atoms with van der Waals surface area (Å²) in [6.07, 6.45) is 15.8. The quantitative estimate of drug-likeness (QED) is 0.534. The first-order chi connectivity index (χ1) is 11.9. The molecule has 0 amide bonds. The smallest absolute Gasteiger partial charge is 0.304 e. The van der Waals surface area contributed by atoms with Gasteiger partial charge in [0.15, 0.2) is 11.4 Å². The van der Waals surface area contributed by atoms with Crippen LogP contribution in [-0.2, 0) is 14.3 Å². The first kappa shape index (κ1) is 16.9. The number of rotatable bonds is 1. The van der Waals surface area contributed by atoms with E-state index in [-0.39, 0.29) is 11.4 Å². The van der Waals surface area contributed by atoms with Crippen LogP contribution in [0.5, 0.6) is 0 Å². The van der Waals surface area contributed by atoms with Crippen LogP contribution in [0.3, 0.4) is 0 Å². The average molecular weight is 340 g/mol. The minimum Gasteiger partial charge on any atom is -0.445 e. The monoisotopic (exact) mass is 340 g/mol. The Morgan fingerprint density at radius 1 is 1.20 bits per heavy atom. The summed E-state index contributed by atoms with van der Waals surface area (Å²) in [4.78, 5) is 23.5. The van der Waals surface area contributed by atoms with Crippen LogP contribution < -0.4 is 0 Å². The van der Waals surface area contributed by atoms with Crippen LogP contribution in [0.25, 0.3) is 0 Å². The van der Waals surface area contributed by atoms with Crippen molar-refractivity contribution in [3.05, 3.63) is 11.6 Å². The second-order valence-electron chi connectivity index (χ2n) is 8.86. The summed E-state index contributed by atoms with van der Waals surface area (Å²) in [5.41, 5.74) is 0.565. The molecular formula is C22H28O3. The van der Waals surface area contributed by atoms with Gasteiger partial charge in [0.05, 0.1) is 0 Å². The largest absolute Gasteiger partial charge is 0.445 e. The molecule has 4 aliphatic carbocycles. The summed E-state index contributed by atoms with van der Waals surface area (Å²) in [6.45, 7) is 3.73. The van der Waals surface area contributed by atoms with Crippen molar-refractivity contribution in [3.8, 4) is 12.3 Å². The number of fused-ring (bicyclic) bond motifs is 5. The highest BCUT2D eigenvalue weighted by molar-refractivity contribution is 5.91. The number of esters is 1. The Labute approximate surface area is 150 Å². The molecule has 25 heavy (non-hydrogen) atoms. The number of carbonyl (C=O) groups excluding carboxylic acids is 2. The Hall–Kier alpha value is -1.56. The van der Waals surface area contributed by atoms with Gasteiger partial charge in [-0.05, 0) is 74.7 Å². The molecule has 0 aliphatic heterocycles. The summed E-state index contributed by atoms with van der Waals surface area (Å²) in [6, 6.07) is 0. The Morgan fingerprint density at radius 3 is 2.72 bits per heavy atom. The van der Waals surface area contributed by atoms with Crippen molar-refractivity contribution in [1.29, 1.82) is 0 Å². The molecular weight excluding hydrogens is 312 g/mol. The van der Waals surface area contributed by atoms with E-state index in [4.69, 9.17) is 11.2 Å². The van der Waals surface area contributed by atoms with Gasteiger partial charge in [-0.1, -0.05) is 18.4 Å². The van der Waals surface area contributed by atoms with Crippen LogP contribution in [0.2, 0.25) is 0 Å². The first-order valence-corrected chi connectivity index (χ1v) is 9.81. The van der Waals surface area contributed by atoms with Gasteiger partial charge in [-0.15, -0.1) is 6.42 Å². The number of allylic oxidation sites excluding steroid dienone is 1. The van der Waals surface area contributed by atoms with Crippen molar-refractivity contribution in [2.24, 2.45) is 29.1 Å². The number of terminal acetylenes is 1. The molecule has 0 saturated heterocycles. The molecule has 0 aromatic heterocycles. The van der Waals surface area contributed by atoms with Crippen LogP contribution in [0.4, 0.5) is 0 Å². The molecule has 3 nitrogen and oxygen atoms in total. The maximum atomic E-state index is 11.8. The lowest BCUT2D eigenvalue weighted by atomic mass is 9.50. The maximum absolute atomic E-state index is 11.8. The highest BCUT2D eigenvalue weighted by atomic mass is 16.6. The van der Waals surface area contributed by atoms with Crippen LogP contribution in [0.15, 0.2) is 11.6 Å². The minimum atomic E-state index is -0.729. The molecule has 0 aromatic carbocycles. The van der Waals surface area contributed by atoms with Crippen molar-refractivity contribution in [2.45, 2.75) is 70.8 Å².